The van der Waals surface area contributed by atoms with Crippen LogP contribution in [0.1, 0.15) is 17.9 Å². The molecule has 1 aliphatic carbocycles. The molecule has 2 aliphatic rings. The van der Waals surface area contributed by atoms with Crippen LogP contribution in [0.15, 0.2) is 194 Å². The van der Waals surface area contributed by atoms with Gasteiger partial charge in [0.25, 0.3) is 0 Å². The Kier molecular flexibility index (Phi) is 6.98. The Morgan fingerprint density at radius 2 is 1.12 bits per heavy atom. The van der Waals surface area contributed by atoms with Crippen molar-refractivity contribution in [2.24, 2.45) is 0 Å². The molecule has 1 unspecified atom stereocenters. The lowest BCUT2D eigenvalue weighted by atomic mass is 9.91. The van der Waals surface area contributed by atoms with Gasteiger partial charge in [0.1, 0.15) is 0 Å². The van der Waals surface area contributed by atoms with E-state index in [9.17, 15) is 0 Å². The summed E-state index contributed by atoms with van der Waals surface area (Å²) >= 11 is 0. The predicted octanol–water partition coefficient (Wildman–Crippen LogP) is 12.7. The lowest BCUT2D eigenvalue weighted by Gasteiger charge is -2.27. The second kappa shape index (κ2) is 11.9. The fourth-order valence-corrected chi connectivity index (χ4v) is 7.42. The minimum absolute atomic E-state index is 0.406. The van der Waals surface area contributed by atoms with Crippen molar-refractivity contribution in [2.75, 3.05) is 9.80 Å². The number of hydrogen-bond acceptors (Lipinski definition) is 2. The van der Waals surface area contributed by atoms with Gasteiger partial charge in [-0.25, -0.2) is 0 Å². The van der Waals surface area contributed by atoms with E-state index < -0.39 is 0 Å². The summed E-state index contributed by atoms with van der Waals surface area (Å²) in [5.41, 5.74) is 13.6. The van der Waals surface area contributed by atoms with Crippen molar-refractivity contribution in [2.45, 2.75) is 12.3 Å². The van der Waals surface area contributed by atoms with Crippen LogP contribution in [0.2, 0.25) is 0 Å². The monoisotopic (exact) mass is 614 g/mol. The van der Waals surface area contributed by atoms with Crippen molar-refractivity contribution in [1.82, 2.24) is 0 Å². The minimum Gasteiger partial charge on any atom is -0.313 e. The maximum atomic E-state index is 2.44. The number of fused-ring (bicyclic) bond motifs is 4. The third kappa shape index (κ3) is 4.90. The molecule has 2 heteroatoms. The molecule has 1 aliphatic heterocycles. The molecule has 7 aromatic rings. The molecule has 0 N–H and O–H groups in total. The van der Waals surface area contributed by atoms with Crippen molar-refractivity contribution in [1.29, 1.82) is 0 Å². The standard InChI is InChI=1S/C46H34N2/c1-3-14-38(15-4-1)47(44-21-11-13-36-12-7-8-18-41(36)44)40-29-26-34(27-30-40)33-22-24-35(25-23-33)37-28-31-43-42-19-9-10-20-45(42)48(46(43)32-37)39-16-5-2-6-17-39/h1-18,20-32,42H,19H2. The molecule has 2 nitrogen and oxygen atoms in total. The highest BCUT2D eigenvalue weighted by Gasteiger charge is 2.34. The van der Waals surface area contributed by atoms with Crippen LogP contribution < -0.4 is 9.80 Å². The van der Waals surface area contributed by atoms with Gasteiger partial charge in [-0.3, -0.25) is 0 Å². The first-order valence-electron chi connectivity index (χ1n) is 16.7. The highest BCUT2D eigenvalue weighted by molar-refractivity contribution is 5.99. The number of hydrogen-bond donors (Lipinski definition) is 0. The topological polar surface area (TPSA) is 6.48 Å². The molecule has 9 rings (SSSR count). The average molecular weight is 615 g/mol. The van der Waals surface area contributed by atoms with Gasteiger partial charge < -0.3 is 9.80 Å². The second-order valence-electron chi connectivity index (χ2n) is 12.5. The number of allylic oxidation sites excluding steroid dienone is 4. The smallest absolute Gasteiger partial charge is 0.0540 e. The molecule has 0 spiro atoms. The maximum absolute atomic E-state index is 2.44. The van der Waals surface area contributed by atoms with Gasteiger partial charge in [-0.05, 0) is 94.2 Å². The third-order valence-electron chi connectivity index (χ3n) is 9.75. The van der Waals surface area contributed by atoms with Crippen molar-refractivity contribution in [3.63, 3.8) is 0 Å². The van der Waals surface area contributed by atoms with Crippen molar-refractivity contribution in [3.8, 4) is 22.3 Å². The van der Waals surface area contributed by atoms with Crippen LogP contribution in [0, 0.1) is 0 Å². The lowest BCUT2D eigenvalue weighted by Crippen LogP contribution is -2.14. The first kappa shape index (κ1) is 28.1. The van der Waals surface area contributed by atoms with Crippen LogP contribution in [0.5, 0.6) is 0 Å². The van der Waals surface area contributed by atoms with Crippen LogP contribution in [-0.4, -0.2) is 0 Å². The van der Waals surface area contributed by atoms with E-state index in [-0.39, 0.29) is 0 Å². The van der Waals surface area contributed by atoms with Crippen molar-refractivity contribution < 1.29 is 0 Å². The summed E-state index contributed by atoms with van der Waals surface area (Å²) in [5.74, 6) is 0.406. The van der Waals surface area contributed by atoms with E-state index in [4.69, 9.17) is 0 Å². The maximum Gasteiger partial charge on any atom is 0.0540 e. The van der Waals surface area contributed by atoms with E-state index in [1.54, 1.807) is 0 Å². The van der Waals surface area contributed by atoms with Crippen LogP contribution in [-0.2, 0) is 0 Å². The number of benzene rings is 7. The fourth-order valence-electron chi connectivity index (χ4n) is 7.42. The summed E-state index contributed by atoms with van der Waals surface area (Å²) in [6.07, 6.45) is 7.80. The Hall–Kier alpha value is -6.12. The number of rotatable bonds is 6. The van der Waals surface area contributed by atoms with Crippen LogP contribution in [0.4, 0.5) is 28.4 Å². The minimum atomic E-state index is 0.406. The third-order valence-corrected chi connectivity index (χ3v) is 9.75. The van der Waals surface area contributed by atoms with Gasteiger partial charge >= 0.3 is 0 Å². The Labute approximate surface area is 282 Å². The average Bonchev–Trinajstić information content (AvgIpc) is 3.50. The number of nitrogens with zero attached hydrogens (tertiary/aromatic N) is 2. The summed E-state index contributed by atoms with van der Waals surface area (Å²) in [5, 5.41) is 2.46. The molecule has 7 aromatic carbocycles. The molecule has 0 bridgehead atoms. The fraction of sp³-hybridized carbons (Fsp3) is 0.0435. The highest BCUT2D eigenvalue weighted by atomic mass is 15.2. The highest BCUT2D eigenvalue weighted by Crippen LogP contribution is 2.51. The van der Waals surface area contributed by atoms with Gasteiger partial charge in [0.2, 0.25) is 0 Å². The summed E-state index contributed by atoms with van der Waals surface area (Å²) in [4.78, 5) is 4.80. The molecule has 0 saturated heterocycles. The Balaban J connectivity index is 1.03. The molecule has 228 valence electrons. The number of para-hydroxylation sites is 2. The van der Waals surface area contributed by atoms with Gasteiger partial charge in [-0.1, -0.05) is 133 Å². The molecule has 1 atom stereocenters. The molecule has 0 aromatic heterocycles. The quantitative estimate of drug-likeness (QED) is 0.184. The molecule has 48 heavy (non-hydrogen) atoms. The van der Waals surface area contributed by atoms with Gasteiger partial charge in [0.05, 0.1) is 11.4 Å². The van der Waals surface area contributed by atoms with E-state index in [1.807, 2.05) is 0 Å². The summed E-state index contributed by atoms with van der Waals surface area (Å²) in [6.45, 7) is 0. The van der Waals surface area contributed by atoms with E-state index in [2.05, 4.69) is 198 Å². The largest absolute Gasteiger partial charge is 0.313 e. The Morgan fingerprint density at radius 1 is 0.521 bits per heavy atom. The van der Waals surface area contributed by atoms with E-state index in [1.165, 1.54) is 61.3 Å². The first-order valence-corrected chi connectivity index (χ1v) is 16.7. The molecule has 0 fully saturated rings. The van der Waals surface area contributed by atoms with Gasteiger partial charge in [-0.2, -0.15) is 0 Å². The zero-order chi connectivity index (χ0) is 31.9. The van der Waals surface area contributed by atoms with Gasteiger partial charge in [0.15, 0.2) is 0 Å². The van der Waals surface area contributed by atoms with Crippen molar-refractivity contribution >= 4 is 39.2 Å². The molecule has 0 amide bonds. The predicted molar refractivity (Wildman–Crippen MR) is 203 cm³/mol. The molecule has 0 saturated carbocycles. The first-order chi connectivity index (χ1) is 23.8. The summed E-state index contributed by atoms with van der Waals surface area (Å²) in [7, 11) is 0. The number of anilines is 5. The van der Waals surface area contributed by atoms with Crippen LogP contribution in [0.25, 0.3) is 33.0 Å². The van der Waals surface area contributed by atoms with Gasteiger partial charge in [0, 0.05) is 34.1 Å². The van der Waals surface area contributed by atoms with E-state index in [0.29, 0.717) is 5.92 Å². The van der Waals surface area contributed by atoms with Gasteiger partial charge in [-0.15, -0.1) is 0 Å². The summed E-state index contributed by atoms with van der Waals surface area (Å²) < 4.78 is 0. The molecular weight excluding hydrogens is 581 g/mol. The zero-order valence-electron chi connectivity index (χ0n) is 26.6. The lowest BCUT2D eigenvalue weighted by molar-refractivity contribution is 0.819. The summed E-state index contributed by atoms with van der Waals surface area (Å²) in [6, 6.07) is 61.5. The van der Waals surface area contributed by atoms with E-state index in [0.717, 1.165) is 17.8 Å². The normalized spacial score (nSPS) is 14.8. The second-order valence-corrected chi connectivity index (χ2v) is 12.5. The van der Waals surface area contributed by atoms with Crippen LogP contribution >= 0.6 is 0 Å². The SMILES string of the molecule is C1=CCC2C(=C1)N(c1ccccc1)c1cc(-c3ccc(-c4ccc(N(c5ccccc5)c5cccc6ccccc56)cc4)cc3)ccc12. The Bertz CT molecular complexity index is 2290. The molecular formula is C46H34N2. The Morgan fingerprint density at radius 3 is 1.90 bits per heavy atom. The molecule has 1 heterocycles. The van der Waals surface area contributed by atoms with E-state index >= 15 is 0 Å². The van der Waals surface area contributed by atoms with Crippen LogP contribution in [0.3, 0.4) is 0 Å². The van der Waals surface area contributed by atoms with Crippen molar-refractivity contribution in [3.05, 3.63) is 199 Å². The molecule has 0 radical (unpaired) electrons. The zero-order valence-corrected chi connectivity index (χ0v) is 26.6.